The topological polar surface area (TPSA) is 104 Å². The second kappa shape index (κ2) is 9.19. The lowest BCUT2D eigenvalue weighted by molar-refractivity contribution is 0.0436. The number of fused-ring (bicyclic) bond motifs is 1. The summed E-state index contributed by atoms with van der Waals surface area (Å²) in [5.41, 5.74) is 3.08. The van der Waals surface area contributed by atoms with Gasteiger partial charge in [-0.25, -0.2) is 4.79 Å². The molecule has 2 aromatic heterocycles. The number of methoxy groups -OCH3 is 1. The first kappa shape index (κ1) is 21.5. The van der Waals surface area contributed by atoms with Crippen LogP contribution in [0, 0.1) is 6.92 Å². The zero-order valence-electron chi connectivity index (χ0n) is 17.8. The van der Waals surface area contributed by atoms with Gasteiger partial charge in [0.25, 0.3) is 5.91 Å². The lowest BCUT2D eigenvalue weighted by atomic mass is 10.1. The highest BCUT2D eigenvalue weighted by molar-refractivity contribution is 7.13. The molecule has 0 unspecified atom stereocenters. The zero-order valence-corrected chi connectivity index (χ0v) is 18.6. The average molecular weight is 452 g/mol. The van der Waals surface area contributed by atoms with E-state index in [0.717, 1.165) is 23.1 Å². The molecule has 164 valence electrons. The van der Waals surface area contributed by atoms with Crippen LogP contribution in [-0.4, -0.2) is 29.2 Å². The molecule has 4 rings (SSSR count). The van der Waals surface area contributed by atoms with E-state index in [1.165, 1.54) is 5.56 Å². The molecule has 0 radical (unpaired) electrons. The number of anilines is 1. The summed E-state index contributed by atoms with van der Waals surface area (Å²) in [6.45, 7) is 3.73. The summed E-state index contributed by atoms with van der Waals surface area (Å²) in [7, 11) is 1.57. The number of nitrogens with one attached hydrogen (secondary N) is 1. The monoisotopic (exact) mass is 451 g/mol. The van der Waals surface area contributed by atoms with Gasteiger partial charge in [0.1, 0.15) is 17.9 Å². The van der Waals surface area contributed by atoms with E-state index in [4.69, 9.17) is 13.9 Å². The number of rotatable bonds is 7. The maximum Gasteiger partial charge on any atom is 0.374 e. The van der Waals surface area contributed by atoms with Crippen molar-refractivity contribution >= 4 is 39.9 Å². The Balaban J connectivity index is 1.39. The lowest BCUT2D eigenvalue weighted by Gasteiger charge is -2.03. The molecule has 8 nitrogen and oxygen atoms in total. The summed E-state index contributed by atoms with van der Waals surface area (Å²) in [5, 5.41) is 12.0. The van der Waals surface area contributed by atoms with Gasteiger partial charge in [0.15, 0.2) is 5.01 Å². The Morgan fingerprint density at radius 3 is 2.62 bits per heavy atom. The second-order valence-electron chi connectivity index (χ2n) is 7.00. The van der Waals surface area contributed by atoms with Crippen molar-refractivity contribution in [3.8, 4) is 5.75 Å². The highest BCUT2D eigenvalue weighted by atomic mass is 32.1. The average Bonchev–Trinajstić information content (AvgIpc) is 3.42. The molecule has 0 atom stereocenters. The van der Waals surface area contributed by atoms with Crippen molar-refractivity contribution in [2.75, 3.05) is 12.4 Å². The van der Waals surface area contributed by atoms with E-state index in [1.807, 2.05) is 24.3 Å². The quantitative estimate of drug-likeness (QED) is 0.404. The van der Waals surface area contributed by atoms with Gasteiger partial charge in [-0.05, 0) is 49.2 Å². The highest BCUT2D eigenvalue weighted by Gasteiger charge is 2.21. The Bertz CT molecular complexity index is 1280. The van der Waals surface area contributed by atoms with Crippen LogP contribution in [0.4, 0.5) is 5.69 Å². The van der Waals surface area contributed by atoms with Gasteiger partial charge in [-0.2, -0.15) is 0 Å². The van der Waals surface area contributed by atoms with Crippen molar-refractivity contribution in [3.05, 3.63) is 69.4 Å². The number of benzene rings is 2. The van der Waals surface area contributed by atoms with E-state index in [9.17, 15) is 9.59 Å². The molecule has 0 saturated heterocycles. The lowest BCUT2D eigenvalue weighted by Crippen LogP contribution is -2.11. The Morgan fingerprint density at radius 2 is 1.91 bits per heavy atom. The number of furan rings is 1. The number of hydrogen-bond acceptors (Lipinski definition) is 8. The van der Waals surface area contributed by atoms with Gasteiger partial charge in [0.2, 0.25) is 10.8 Å². The maximum absolute atomic E-state index is 12.5. The third kappa shape index (κ3) is 4.47. The fourth-order valence-corrected chi connectivity index (χ4v) is 3.77. The molecule has 2 heterocycles. The molecule has 0 aliphatic carbocycles. The van der Waals surface area contributed by atoms with Crippen LogP contribution in [-0.2, 0) is 17.8 Å². The minimum atomic E-state index is -0.616. The Kier molecular flexibility index (Phi) is 6.18. The minimum Gasteiger partial charge on any atom is -0.497 e. The van der Waals surface area contributed by atoms with Crippen LogP contribution in [0.3, 0.4) is 0 Å². The van der Waals surface area contributed by atoms with Gasteiger partial charge in [-0.15, -0.1) is 10.2 Å². The van der Waals surface area contributed by atoms with Crippen molar-refractivity contribution in [3.63, 3.8) is 0 Å². The fourth-order valence-electron chi connectivity index (χ4n) is 3.13. The summed E-state index contributed by atoms with van der Waals surface area (Å²) >= 11 is 1.06. The van der Waals surface area contributed by atoms with E-state index < -0.39 is 5.97 Å². The molecule has 9 heteroatoms. The van der Waals surface area contributed by atoms with Crippen molar-refractivity contribution in [1.29, 1.82) is 0 Å². The van der Waals surface area contributed by atoms with Crippen molar-refractivity contribution < 1.29 is 23.5 Å². The molecule has 0 spiro atoms. The SMILES string of the molecule is CCc1ccc(NC(=O)c2nnc(COC(=O)c3oc4ccc(OC)cc4c3C)s2)cc1. The number of aryl methyl sites for hydroxylation is 2. The van der Waals surface area contributed by atoms with Crippen molar-refractivity contribution in [1.82, 2.24) is 10.2 Å². The third-order valence-corrected chi connectivity index (χ3v) is 5.83. The molecule has 2 aromatic carbocycles. The molecule has 32 heavy (non-hydrogen) atoms. The summed E-state index contributed by atoms with van der Waals surface area (Å²) in [5.74, 6) is -0.199. The molecule has 0 aliphatic rings. The number of aromatic nitrogens is 2. The Morgan fingerprint density at radius 1 is 1.12 bits per heavy atom. The van der Waals surface area contributed by atoms with Gasteiger partial charge >= 0.3 is 5.97 Å². The third-order valence-electron chi connectivity index (χ3n) is 4.94. The van der Waals surface area contributed by atoms with E-state index in [2.05, 4.69) is 22.4 Å². The van der Waals surface area contributed by atoms with Crippen LogP contribution in [0.5, 0.6) is 5.75 Å². The van der Waals surface area contributed by atoms with Gasteiger partial charge in [-0.1, -0.05) is 30.4 Å². The van der Waals surface area contributed by atoms with Crippen LogP contribution in [0.15, 0.2) is 46.9 Å². The van der Waals surface area contributed by atoms with Gasteiger partial charge in [0, 0.05) is 16.6 Å². The summed E-state index contributed by atoms with van der Waals surface area (Å²) in [6, 6.07) is 12.9. The van der Waals surface area contributed by atoms with E-state index in [0.29, 0.717) is 27.6 Å². The van der Waals surface area contributed by atoms with E-state index >= 15 is 0 Å². The summed E-state index contributed by atoms with van der Waals surface area (Å²) in [4.78, 5) is 24.9. The van der Waals surface area contributed by atoms with Crippen molar-refractivity contribution in [2.24, 2.45) is 0 Å². The molecule has 1 amide bonds. The van der Waals surface area contributed by atoms with Gasteiger partial charge in [-0.3, -0.25) is 4.79 Å². The number of ether oxygens (including phenoxy) is 2. The molecular weight excluding hydrogens is 430 g/mol. The molecule has 4 aromatic rings. The van der Waals surface area contributed by atoms with E-state index in [-0.39, 0.29) is 23.3 Å². The number of esters is 1. The molecular formula is C23H21N3O5S. The number of hydrogen-bond donors (Lipinski definition) is 1. The van der Waals surface area contributed by atoms with Crippen LogP contribution in [0.25, 0.3) is 11.0 Å². The van der Waals surface area contributed by atoms with Gasteiger partial charge in [0.05, 0.1) is 7.11 Å². The zero-order chi connectivity index (χ0) is 22.7. The largest absolute Gasteiger partial charge is 0.497 e. The predicted octanol–water partition coefficient (Wildman–Crippen LogP) is 4.77. The molecule has 0 saturated carbocycles. The van der Waals surface area contributed by atoms with E-state index in [1.54, 1.807) is 32.2 Å². The standard InChI is InChI=1S/C23H21N3O5S/c1-4-14-5-7-15(8-6-14)24-21(27)22-26-25-19(32-22)12-30-23(28)20-13(2)17-11-16(29-3)9-10-18(17)31-20/h5-11H,4,12H2,1-3H3,(H,24,27). The fraction of sp³-hybridized carbons (Fsp3) is 0.217. The van der Waals surface area contributed by atoms with Crippen LogP contribution >= 0.6 is 11.3 Å². The first-order chi connectivity index (χ1) is 15.5. The first-order valence-electron chi connectivity index (χ1n) is 9.95. The van der Waals surface area contributed by atoms with Crippen LogP contribution < -0.4 is 10.1 Å². The second-order valence-corrected chi connectivity index (χ2v) is 8.06. The highest BCUT2D eigenvalue weighted by Crippen LogP contribution is 2.29. The molecule has 0 bridgehead atoms. The number of amides is 1. The minimum absolute atomic E-state index is 0.116. The number of carbonyl (C=O) groups is 2. The van der Waals surface area contributed by atoms with Crippen LogP contribution in [0.1, 0.15) is 43.4 Å². The predicted molar refractivity (Wildman–Crippen MR) is 120 cm³/mol. The summed E-state index contributed by atoms with van der Waals surface area (Å²) in [6.07, 6.45) is 0.925. The number of nitrogens with zero attached hydrogens (tertiary/aromatic N) is 2. The Labute approximate surface area is 188 Å². The Hall–Kier alpha value is -3.72. The number of carbonyl (C=O) groups excluding carboxylic acids is 2. The summed E-state index contributed by atoms with van der Waals surface area (Å²) < 4.78 is 16.2. The normalized spacial score (nSPS) is 10.8. The smallest absolute Gasteiger partial charge is 0.374 e. The van der Waals surface area contributed by atoms with Gasteiger partial charge < -0.3 is 19.2 Å². The maximum atomic E-state index is 12.5. The first-order valence-corrected chi connectivity index (χ1v) is 10.8. The molecule has 0 aliphatic heterocycles. The molecule has 0 fully saturated rings. The van der Waals surface area contributed by atoms with Crippen molar-refractivity contribution in [2.45, 2.75) is 26.9 Å². The molecule has 1 N–H and O–H groups in total. The van der Waals surface area contributed by atoms with Crippen LogP contribution in [0.2, 0.25) is 0 Å².